The lowest BCUT2D eigenvalue weighted by Gasteiger charge is -2.36. The zero-order valence-electron chi connectivity index (χ0n) is 13.4. The minimum absolute atomic E-state index is 0.665. The molecule has 1 aliphatic heterocycles. The Bertz CT molecular complexity index is 673. The van der Waals surface area contributed by atoms with Gasteiger partial charge in [0, 0.05) is 31.9 Å². The van der Waals surface area contributed by atoms with E-state index in [4.69, 9.17) is 9.94 Å². The number of methoxy groups -OCH3 is 1. The number of benzene rings is 1. The highest BCUT2D eigenvalue weighted by molar-refractivity contribution is 7.18. The van der Waals surface area contributed by atoms with Crippen molar-refractivity contribution >= 4 is 27.7 Å². The molecule has 0 bridgehead atoms. The second-order valence-electron chi connectivity index (χ2n) is 5.50. The third-order valence-corrected chi connectivity index (χ3v) is 5.38. The Morgan fingerprint density at radius 3 is 2.30 bits per heavy atom. The summed E-state index contributed by atoms with van der Waals surface area (Å²) in [5.74, 6) is 0.888. The second kappa shape index (κ2) is 6.91. The molecule has 3 rings (SSSR count). The van der Waals surface area contributed by atoms with Crippen LogP contribution in [0.4, 0.5) is 10.7 Å². The van der Waals surface area contributed by atoms with E-state index in [0.717, 1.165) is 36.8 Å². The standard InChI is InChI=1S/C17H21N3O2S/c1-13(18-21)16-7-8-17(23-16)20-11-9-19(10-12-20)14-3-5-15(22-2)6-4-14/h3-8,21H,9-12H2,1-2H3/b18-13-. The maximum Gasteiger partial charge on any atom is 0.119 e. The summed E-state index contributed by atoms with van der Waals surface area (Å²) < 4.78 is 5.21. The highest BCUT2D eigenvalue weighted by atomic mass is 32.1. The first-order chi connectivity index (χ1) is 11.2. The average molecular weight is 331 g/mol. The lowest BCUT2D eigenvalue weighted by molar-refractivity contribution is 0.319. The van der Waals surface area contributed by atoms with Crippen molar-refractivity contribution in [3.05, 3.63) is 41.3 Å². The summed E-state index contributed by atoms with van der Waals surface area (Å²) in [4.78, 5) is 5.80. The molecule has 1 aliphatic rings. The molecule has 5 nitrogen and oxygen atoms in total. The topological polar surface area (TPSA) is 48.3 Å². The fourth-order valence-corrected chi connectivity index (χ4v) is 3.72. The summed E-state index contributed by atoms with van der Waals surface area (Å²) in [6.07, 6.45) is 0. The molecule has 2 heterocycles. The molecule has 6 heteroatoms. The molecule has 0 saturated carbocycles. The van der Waals surface area contributed by atoms with Gasteiger partial charge in [0.2, 0.25) is 0 Å². The van der Waals surface area contributed by atoms with Crippen LogP contribution in [-0.2, 0) is 0 Å². The van der Waals surface area contributed by atoms with Gasteiger partial charge in [-0.1, -0.05) is 5.16 Å². The lowest BCUT2D eigenvalue weighted by Crippen LogP contribution is -2.46. The maximum atomic E-state index is 8.87. The van der Waals surface area contributed by atoms with Crippen molar-refractivity contribution < 1.29 is 9.94 Å². The van der Waals surface area contributed by atoms with Crippen LogP contribution in [0.1, 0.15) is 11.8 Å². The van der Waals surface area contributed by atoms with Crippen LogP contribution < -0.4 is 14.5 Å². The van der Waals surface area contributed by atoms with Crippen LogP contribution in [0.25, 0.3) is 0 Å². The van der Waals surface area contributed by atoms with E-state index in [-0.39, 0.29) is 0 Å². The Morgan fingerprint density at radius 2 is 1.70 bits per heavy atom. The van der Waals surface area contributed by atoms with E-state index in [9.17, 15) is 0 Å². The second-order valence-corrected chi connectivity index (χ2v) is 6.56. The van der Waals surface area contributed by atoms with Crippen LogP contribution in [-0.4, -0.2) is 44.2 Å². The zero-order valence-corrected chi connectivity index (χ0v) is 14.2. The minimum atomic E-state index is 0.665. The first-order valence-corrected chi connectivity index (χ1v) is 8.45. The number of thiophene rings is 1. The van der Waals surface area contributed by atoms with E-state index in [2.05, 4.69) is 33.2 Å². The van der Waals surface area contributed by atoms with Gasteiger partial charge in [-0.25, -0.2) is 0 Å². The molecular weight excluding hydrogens is 310 g/mol. The molecule has 0 amide bonds. The van der Waals surface area contributed by atoms with Gasteiger partial charge >= 0.3 is 0 Å². The molecule has 2 aromatic rings. The number of rotatable bonds is 4. The first kappa shape index (κ1) is 15.7. The van der Waals surface area contributed by atoms with Crippen molar-refractivity contribution in [3.63, 3.8) is 0 Å². The molecule has 1 N–H and O–H groups in total. The Labute approximate surface area is 140 Å². The number of oxime groups is 1. The number of ether oxygens (including phenoxy) is 1. The highest BCUT2D eigenvalue weighted by Crippen LogP contribution is 2.28. The van der Waals surface area contributed by atoms with Gasteiger partial charge in [0.25, 0.3) is 0 Å². The third kappa shape index (κ3) is 3.42. The van der Waals surface area contributed by atoms with Crippen LogP contribution in [0.3, 0.4) is 0 Å². The molecule has 1 aromatic heterocycles. The largest absolute Gasteiger partial charge is 0.497 e. The third-order valence-electron chi connectivity index (χ3n) is 4.13. The van der Waals surface area contributed by atoms with Gasteiger partial charge in [-0.15, -0.1) is 11.3 Å². The summed E-state index contributed by atoms with van der Waals surface area (Å²) in [5, 5.41) is 13.4. The van der Waals surface area contributed by atoms with E-state index in [1.165, 1.54) is 10.7 Å². The van der Waals surface area contributed by atoms with Crippen LogP contribution in [0, 0.1) is 0 Å². The van der Waals surface area contributed by atoms with Gasteiger partial charge < -0.3 is 19.7 Å². The summed E-state index contributed by atoms with van der Waals surface area (Å²) in [7, 11) is 1.69. The molecule has 0 aliphatic carbocycles. The summed E-state index contributed by atoms with van der Waals surface area (Å²) in [6, 6.07) is 12.4. The smallest absolute Gasteiger partial charge is 0.119 e. The predicted molar refractivity (Wildman–Crippen MR) is 95.7 cm³/mol. The summed E-state index contributed by atoms with van der Waals surface area (Å²) >= 11 is 1.67. The average Bonchev–Trinajstić information content (AvgIpc) is 3.11. The number of hydrogen-bond donors (Lipinski definition) is 1. The van der Waals surface area contributed by atoms with Crippen molar-refractivity contribution in [1.29, 1.82) is 0 Å². The molecule has 122 valence electrons. The fraction of sp³-hybridized carbons (Fsp3) is 0.353. The Kier molecular flexibility index (Phi) is 4.71. The van der Waals surface area contributed by atoms with Crippen molar-refractivity contribution in [1.82, 2.24) is 0 Å². The van der Waals surface area contributed by atoms with E-state index < -0.39 is 0 Å². The summed E-state index contributed by atoms with van der Waals surface area (Å²) in [6.45, 7) is 5.78. The van der Waals surface area contributed by atoms with Crippen LogP contribution in [0.15, 0.2) is 41.6 Å². The van der Waals surface area contributed by atoms with Gasteiger partial charge in [-0.2, -0.15) is 0 Å². The highest BCUT2D eigenvalue weighted by Gasteiger charge is 2.19. The van der Waals surface area contributed by atoms with E-state index in [1.54, 1.807) is 18.4 Å². The molecule has 1 fully saturated rings. The minimum Gasteiger partial charge on any atom is -0.497 e. The molecule has 23 heavy (non-hydrogen) atoms. The van der Waals surface area contributed by atoms with Gasteiger partial charge in [0.15, 0.2) is 0 Å². The van der Waals surface area contributed by atoms with Crippen molar-refractivity contribution in [2.24, 2.45) is 5.16 Å². The van der Waals surface area contributed by atoms with Crippen molar-refractivity contribution in [2.75, 3.05) is 43.1 Å². The SMILES string of the molecule is COc1ccc(N2CCN(c3ccc(/C(C)=N\O)s3)CC2)cc1. The van der Waals surface area contributed by atoms with E-state index in [1.807, 2.05) is 25.1 Å². The monoisotopic (exact) mass is 331 g/mol. The van der Waals surface area contributed by atoms with Crippen LogP contribution in [0.5, 0.6) is 5.75 Å². The number of nitrogens with zero attached hydrogens (tertiary/aromatic N) is 3. The molecule has 0 atom stereocenters. The van der Waals surface area contributed by atoms with Gasteiger partial charge in [-0.05, 0) is 43.3 Å². The molecular formula is C17H21N3O2S. The number of piperazine rings is 1. The predicted octanol–water partition coefficient (Wildman–Crippen LogP) is 3.28. The number of hydrogen-bond acceptors (Lipinski definition) is 6. The quantitative estimate of drug-likeness (QED) is 0.531. The van der Waals surface area contributed by atoms with E-state index in [0.29, 0.717) is 5.71 Å². The Balaban J connectivity index is 1.62. The molecule has 1 saturated heterocycles. The molecule has 0 spiro atoms. The van der Waals surface area contributed by atoms with Gasteiger partial charge in [-0.3, -0.25) is 0 Å². The normalized spacial score (nSPS) is 15.8. The first-order valence-electron chi connectivity index (χ1n) is 7.64. The van der Waals surface area contributed by atoms with Crippen LogP contribution >= 0.6 is 11.3 Å². The molecule has 0 radical (unpaired) electrons. The fourth-order valence-electron chi connectivity index (χ4n) is 2.72. The summed E-state index contributed by atoms with van der Waals surface area (Å²) in [5.41, 5.74) is 1.90. The number of anilines is 2. The Hall–Kier alpha value is -2.21. The lowest BCUT2D eigenvalue weighted by atomic mass is 10.2. The molecule has 0 unspecified atom stereocenters. The maximum absolute atomic E-state index is 8.87. The van der Waals surface area contributed by atoms with E-state index >= 15 is 0 Å². The zero-order chi connectivity index (χ0) is 16.2. The van der Waals surface area contributed by atoms with Crippen LogP contribution in [0.2, 0.25) is 0 Å². The molecule has 1 aromatic carbocycles. The van der Waals surface area contributed by atoms with Crippen molar-refractivity contribution in [3.8, 4) is 5.75 Å². The van der Waals surface area contributed by atoms with Crippen molar-refractivity contribution in [2.45, 2.75) is 6.92 Å². The van der Waals surface area contributed by atoms with Gasteiger partial charge in [0.05, 0.1) is 22.7 Å². The Morgan fingerprint density at radius 1 is 1.04 bits per heavy atom. The van der Waals surface area contributed by atoms with Gasteiger partial charge in [0.1, 0.15) is 5.75 Å².